The molecule has 1 unspecified atom stereocenters. The Morgan fingerprint density at radius 2 is 2.36 bits per heavy atom. The van der Waals surface area contributed by atoms with Crippen molar-refractivity contribution in [1.82, 2.24) is 4.98 Å². The van der Waals surface area contributed by atoms with Gasteiger partial charge in [-0.05, 0) is 0 Å². The zero-order chi connectivity index (χ0) is 8.06. The molecule has 0 aliphatic carbocycles. The minimum Gasteiger partial charge on any atom is -0.433 e. The minimum absolute atomic E-state index is 0.0810. The molecule has 58 valence electrons. The molecule has 0 fully saturated rings. The predicted octanol–water partition coefficient (Wildman–Crippen LogP) is 0.285. The topological polar surface area (TPSA) is 72.5 Å². The quantitative estimate of drug-likeness (QED) is 0.563. The molecule has 0 spiro atoms. The Balaban J connectivity index is 2.89. The first-order valence-electron chi connectivity index (χ1n) is 2.81. The van der Waals surface area contributed by atoms with Gasteiger partial charge in [-0.3, -0.25) is 4.79 Å². The fraction of sp³-hybridized carbons (Fsp3) is 0.200. The Labute approximate surface area is 62.6 Å². The van der Waals surface area contributed by atoms with Crippen LogP contribution in [0.25, 0.3) is 0 Å². The van der Waals surface area contributed by atoms with Crippen LogP contribution in [0.2, 0.25) is 0 Å². The Kier molecular flexibility index (Phi) is 1.01. The van der Waals surface area contributed by atoms with Crippen LogP contribution in [0.5, 0.6) is 0 Å². The van der Waals surface area contributed by atoms with Crippen molar-refractivity contribution in [2.75, 3.05) is 6.26 Å². The van der Waals surface area contributed by atoms with E-state index in [-0.39, 0.29) is 10.8 Å². The maximum absolute atomic E-state index is 11.4. The van der Waals surface area contributed by atoms with Crippen LogP contribution in [-0.4, -0.2) is 21.4 Å². The summed E-state index contributed by atoms with van der Waals surface area (Å²) in [4.78, 5) is 14.5. The van der Waals surface area contributed by atoms with E-state index < -0.39 is 15.6 Å². The highest BCUT2D eigenvalue weighted by atomic mass is 32.2. The zero-order valence-electron chi connectivity index (χ0n) is 5.60. The molecule has 11 heavy (non-hydrogen) atoms. The van der Waals surface area contributed by atoms with Gasteiger partial charge in [0.25, 0.3) is 0 Å². The minimum atomic E-state index is -2.62. The van der Waals surface area contributed by atoms with Crippen LogP contribution in [0.3, 0.4) is 0 Å². The molecule has 2 rings (SSSR count). The lowest BCUT2D eigenvalue weighted by Gasteiger charge is -1.87. The van der Waals surface area contributed by atoms with E-state index in [0.717, 1.165) is 6.39 Å². The molecule has 1 aromatic rings. The van der Waals surface area contributed by atoms with Crippen molar-refractivity contribution in [3.05, 3.63) is 12.1 Å². The smallest absolute Gasteiger partial charge is 0.308 e. The number of hydrogen-bond acceptors (Lipinski definition) is 4. The molecule has 0 aromatic carbocycles. The maximum atomic E-state index is 11.4. The van der Waals surface area contributed by atoms with Crippen molar-refractivity contribution < 1.29 is 13.4 Å². The largest absolute Gasteiger partial charge is 0.433 e. The summed E-state index contributed by atoms with van der Waals surface area (Å²) in [6, 6.07) is 0. The first kappa shape index (κ1) is 6.53. The van der Waals surface area contributed by atoms with Gasteiger partial charge in [-0.25, -0.2) is 9.19 Å². The first-order chi connectivity index (χ1) is 5.11. The van der Waals surface area contributed by atoms with E-state index in [4.69, 9.17) is 4.42 Å². The van der Waals surface area contributed by atoms with Gasteiger partial charge in [-0.1, -0.05) is 0 Å². The highest BCUT2D eigenvalue weighted by Crippen LogP contribution is 2.23. The number of nitrogens with zero attached hydrogens (tertiary/aromatic N) is 2. The Hall–Kier alpha value is -1.17. The van der Waals surface area contributed by atoms with Crippen molar-refractivity contribution in [2.45, 2.75) is 5.09 Å². The second-order valence-corrected chi connectivity index (χ2v) is 4.35. The fourth-order valence-electron chi connectivity index (χ4n) is 0.890. The molecule has 1 aliphatic rings. The molecule has 6 heteroatoms. The van der Waals surface area contributed by atoms with Crippen molar-refractivity contribution >= 4 is 15.6 Å². The Morgan fingerprint density at radius 3 is 3.00 bits per heavy atom. The third kappa shape index (κ3) is 0.725. The van der Waals surface area contributed by atoms with Crippen LogP contribution >= 0.6 is 0 Å². The second kappa shape index (κ2) is 1.70. The van der Waals surface area contributed by atoms with E-state index in [2.05, 4.69) is 9.35 Å². The van der Waals surface area contributed by atoms with E-state index >= 15 is 0 Å². The van der Waals surface area contributed by atoms with E-state index in [1.807, 2.05) is 0 Å². The molecule has 0 radical (unpaired) electrons. The number of rotatable bonds is 0. The molecule has 1 aromatic heterocycles. The number of carbonyl (C=O) groups is 1. The van der Waals surface area contributed by atoms with Gasteiger partial charge in [0.05, 0.1) is 0 Å². The average molecular weight is 172 g/mol. The average Bonchev–Trinajstić information content (AvgIpc) is 2.37. The van der Waals surface area contributed by atoms with Gasteiger partial charge in [0.1, 0.15) is 9.73 Å². The third-order valence-electron chi connectivity index (χ3n) is 1.34. The number of oxazole rings is 1. The second-order valence-electron chi connectivity index (χ2n) is 2.19. The zero-order valence-corrected chi connectivity index (χ0v) is 6.42. The molecule has 1 amide bonds. The number of aromatic nitrogens is 1. The van der Waals surface area contributed by atoms with Crippen molar-refractivity contribution in [3.63, 3.8) is 0 Å². The summed E-state index contributed by atoms with van der Waals surface area (Å²) in [5.74, 6) is -0.554. The molecule has 0 saturated carbocycles. The fourth-order valence-corrected chi connectivity index (χ4v) is 2.10. The monoisotopic (exact) mass is 172 g/mol. The first-order valence-corrected chi connectivity index (χ1v) is 4.73. The lowest BCUT2D eigenvalue weighted by atomic mass is 10.5. The highest BCUT2D eigenvalue weighted by molar-refractivity contribution is 7.93. The summed E-state index contributed by atoms with van der Waals surface area (Å²) < 4.78 is 19.5. The van der Waals surface area contributed by atoms with Gasteiger partial charge in [-0.2, -0.15) is 0 Å². The van der Waals surface area contributed by atoms with E-state index in [1.165, 1.54) is 6.26 Å². The highest BCUT2D eigenvalue weighted by Gasteiger charge is 2.30. The van der Waals surface area contributed by atoms with Gasteiger partial charge in [0, 0.05) is 6.26 Å². The van der Waals surface area contributed by atoms with Gasteiger partial charge >= 0.3 is 5.91 Å². The standard InChI is InChI=1S/C5H4N2O3S/c1-11(9)5-3(4(8)7-11)6-2-10-5/h2H,1H3. The van der Waals surface area contributed by atoms with Crippen molar-refractivity contribution in [2.24, 2.45) is 4.36 Å². The molecule has 0 bridgehead atoms. The molecular formula is C5H4N2O3S. The summed E-state index contributed by atoms with van der Waals surface area (Å²) in [5.41, 5.74) is 0.0810. The van der Waals surface area contributed by atoms with E-state index in [0.29, 0.717) is 0 Å². The van der Waals surface area contributed by atoms with Crippen LogP contribution < -0.4 is 0 Å². The predicted molar refractivity (Wildman–Crippen MR) is 35.6 cm³/mol. The SMILES string of the molecule is CS1(=O)=NC(=O)c2ncoc21. The van der Waals surface area contributed by atoms with Crippen LogP contribution in [0.4, 0.5) is 0 Å². The van der Waals surface area contributed by atoms with E-state index in [9.17, 15) is 9.00 Å². The van der Waals surface area contributed by atoms with Gasteiger partial charge < -0.3 is 4.42 Å². The van der Waals surface area contributed by atoms with Crippen molar-refractivity contribution in [1.29, 1.82) is 0 Å². The third-order valence-corrected chi connectivity index (χ3v) is 2.83. The summed E-state index contributed by atoms with van der Waals surface area (Å²) in [7, 11) is -2.62. The van der Waals surface area contributed by atoms with Crippen LogP contribution in [0.1, 0.15) is 10.5 Å². The molecule has 2 heterocycles. The molecular weight excluding hydrogens is 168 g/mol. The number of amides is 1. The van der Waals surface area contributed by atoms with Crippen LogP contribution in [0.15, 0.2) is 20.3 Å². The molecule has 0 saturated heterocycles. The number of carbonyl (C=O) groups excluding carboxylic acids is 1. The summed E-state index contributed by atoms with van der Waals surface area (Å²) >= 11 is 0. The number of fused-ring (bicyclic) bond motifs is 1. The maximum Gasteiger partial charge on any atom is 0.308 e. The molecule has 5 nitrogen and oxygen atoms in total. The number of hydrogen-bond donors (Lipinski definition) is 0. The normalized spacial score (nSPS) is 28.3. The lowest BCUT2D eigenvalue weighted by Crippen LogP contribution is -1.90. The van der Waals surface area contributed by atoms with Gasteiger partial charge in [0.2, 0.25) is 5.09 Å². The Morgan fingerprint density at radius 1 is 1.64 bits per heavy atom. The molecule has 0 N–H and O–H groups in total. The lowest BCUT2D eigenvalue weighted by molar-refractivity contribution is 0.100. The molecule has 1 aliphatic heterocycles. The van der Waals surface area contributed by atoms with E-state index in [1.54, 1.807) is 0 Å². The van der Waals surface area contributed by atoms with Crippen molar-refractivity contribution in [3.8, 4) is 0 Å². The van der Waals surface area contributed by atoms with Crippen LogP contribution in [-0.2, 0) is 9.73 Å². The summed E-state index contributed by atoms with van der Waals surface area (Å²) in [6.45, 7) is 0. The van der Waals surface area contributed by atoms with Gasteiger partial charge in [0.15, 0.2) is 12.1 Å². The van der Waals surface area contributed by atoms with Gasteiger partial charge in [-0.15, -0.1) is 4.36 Å². The molecule has 1 atom stereocenters. The summed E-state index contributed by atoms with van der Waals surface area (Å²) in [6.07, 6.45) is 2.45. The van der Waals surface area contributed by atoms with Crippen LogP contribution in [0, 0.1) is 0 Å². The Bertz CT molecular complexity index is 438. The summed E-state index contributed by atoms with van der Waals surface area (Å²) in [5, 5.41) is 0.0995.